The van der Waals surface area contributed by atoms with Gasteiger partial charge < -0.3 is 15.1 Å². The third-order valence-electron chi connectivity index (χ3n) is 4.13. The fourth-order valence-electron chi connectivity index (χ4n) is 3.04. The van der Waals surface area contributed by atoms with Crippen LogP contribution in [0, 0.1) is 0 Å². The Hall–Kier alpha value is -2.40. The van der Waals surface area contributed by atoms with Crippen LogP contribution in [0.25, 0.3) is 10.8 Å². The van der Waals surface area contributed by atoms with Crippen molar-refractivity contribution in [3.63, 3.8) is 0 Å². The first kappa shape index (κ1) is 15.5. The molecule has 2 aromatic carbocycles. The number of amides is 2. The van der Waals surface area contributed by atoms with Crippen LogP contribution in [0.4, 0.5) is 5.69 Å². The number of hydrogen-bond acceptors (Lipinski definition) is 3. The van der Waals surface area contributed by atoms with Crippen molar-refractivity contribution in [1.29, 1.82) is 0 Å². The van der Waals surface area contributed by atoms with Crippen molar-refractivity contribution in [3.05, 3.63) is 41.5 Å². The summed E-state index contributed by atoms with van der Waals surface area (Å²) < 4.78 is 0. The monoisotopic (exact) mass is 311 g/mol. The Morgan fingerprint density at radius 3 is 2.74 bits per heavy atom. The van der Waals surface area contributed by atoms with Gasteiger partial charge in [-0.25, -0.2) is 0 Å². The normalized spacial score (nSPS) is 13.7. The fourth-order valence-corrected chi connectivity index (χ4v) is 3.04. The van der Waals surface area contributed by atoms with E-state index < -0.39 is 0 Å². The summed E-state index contributed by atoms with van der Waals surface area (Å²) in [5.41, 5.74) is 2.60. The van der Waals surface area contributed by atoms with Gasteiger partial charge >= 0.3 is 0 Å². The second-order valence-corrected chi connectivity index (χ2v) is 6.21. The Morgan fingerprint density at radius 1 is 1.26 bits per heavy atom. The van der Waals surface area contributed by atoms with Gasteiger partial charge in [0.25, 0.3) is 5.91 Å². The number of hydrogen-bond donors (Lipinski definition) is 1. The predicted octanol–water partition coefficient (Wildman–Crippen LogP) is 2.32. The minimum absolute atomic E-state index is 0.0601. The van der Waals surface area contributed by atoms with Crippen molar-refractivity contribution in [2.24, 2.45) is 0 Å². The van der Waals surface area contributed by atoms with Gasteiger partial charge in [0.1, 0.15) is 0 Å². The van der Waals surface area contributed by atoms with Gasteiger partial charge in [0, 0.05) is 48.6 Å². The number of nitrogens with zero attached hydrogens (tertiary/aromatic N) is 2. The van der Waals surface area contributed by atoms with E-state index >= 15 is 0 Å². The van der Waals surface area contributed by atoms with Gasteiger partial charge in [-0.2, -0.15) is 0 Å². The van der Waals surface area contributed by atoms with E-state index in [0.29, 0.717) is 13.1 Å². The molecule has 0 bridgehead atoms. The molecule has 0 spiro atoms. The lowest BCUT2D eigenvalue weighted by molar-refractivity contribution is -0.114. The van der Waals surface area contributed by atoms with Crippen molar-refractivity contribution >= 4 is 28.3 Å². The quantitative estimate of drug-likeness (QED) is 0.943. The van der Waals surface area contributed by atoms with Crippen LogP contribution in [0.1, 0.15) is 22.8 Å². The minimum Gasteiger partial charge on any atom is -0.333 e. The molecule has 5 heteroatoms. The summed E-state index contributed by atoms with van der Waals surface area (Å²) in [4.78, 5) is 28.1. The number of benzene rings is 2. The molecule has 0 atom stereocenters. The molecule has 5 nitrogen and oxygen atoms in total. The molecule has 1 heterocycles. The molecule has 0 saturated carbocycles. The Balaban J connectivity index is 2.04. The fraction of sp³-hybridized carbons (Fsp3) is 0.333. The van der Waals surface area contributed by atoms with E-state index in [-0.39, 0.29) is 11.8 Å². The van der Waals surface area contributed by atoms with Crippen LogP contribution < -0.4 is 5.32 Å². The highest BCUT2D eigenvalue weighted by Gasteiger charge is 2.26. The molecule has 0 saturated heterocycles. The van der Waals surface area contributed by atoms with Gasteiger partial charge in [-0.05, 0) is 31.8 Å². The minimum atomic E-state index is -0.111. The van der Waals surface area contributed by atoms with E-state index in [1.807, 2.05) is 49.3 Å². The van der Waals surface area contributed by atoms with Gasteiger partial charge in [0.05, 0.1) is 0 Å². The van der Waals surface area contributed by atoms with Crippen LogP contribution in [0.15, 0.2) is 30.3 Å². The summed E-state index contributed by atoms with van der Waals surface area (Å²) in [6, 6.07) is 9.62. The first-order chi connectivity index (χ1) is 11.0. The molecule has 1 aliphatic heterocycles. The maximum atomic E-state index is 12.8. The molecule has 0 radical (unpaired) electrons. The van der Waals surface area contributed by atoms with Gasteiger partial charge in [0.15, 0.2) is 0 Å². The van der Waals surface area contributed by atoms with E-state index in [2.05, 4.69) is 10.2 Å². The smallest absolute Gasteiger partial charge is 0.254 e. The topological polar surface area (TPSA) is 52.7 Å². The van der Waals surface area contributed by atoms with Crippen LogP contribution in [0.2, 0.25) is 0 Å². The average molecular weight is 311 g/mol. The molecule has 0 aromatic heterocycles. The van der Waals surface area contributed by atoms with E-state index in [1.165, 1.54) is 6.92 Å². The predicted molar refractivity (Wildman–Crippen MR) is 91.5 cm³/mol. The number of likely N-dealkylation sites (N-methyl/N-ethyl adjacent to an activating group) is 1. The highest BCUT2D eigenvalue weighted by Crippen LogP contribution is 2.34. The van der Waals surface area contributed by atoms with E-state index in [4.69, 9.17) is 0 Å². The maximum Gasteiger partial charge on any atom is 0.254 e. The number of rotatable bonds is 4. The third kappa shape index (κ3) is 2.92. The highest BCUT2D eigenvalue weighted by molar-refractivity contribution is 6.14. The Kier molecular flexibility index (Phi) is 4.05. The molecule has 2 amide bonds. The third-order valence-corrected chi connectivity index (χ3v) is 4.13. The van der Waals surface area contributed by atoms with E-state index in [1.54, 1.807) is 0 Å². The van der Waals surface area contributed by atoms with Crippen LogP contribution in [0.3, 0.4) is 0 Å². The number of carbonyl (C=O) groups excluding carboxylic acids is 2. The zero-order valence-electron chi connectivity index (χ0n) is 13.7. The average Bonchev–Trinajstić information content (AvgIpc) is 2.50. The molecule has 0 aliphatic carbocycles. The Labute approximate surface area is 135 Å². The van der Waals surface area contributed by atoms with Crippen molar-refractivity contribution in [2.45, 2.75) is 13.5 Å². The first-order valence-electron chi connectivity index (χ1n) is 7.73. The second-order valence-electron chi connectivity index (χ2n) is 6.21. The molecule has 120 valence electrons. The second kappa shape index (κ2) is 6.01. The molecule has 23 heavy (non-hydrogen) atoms. The summed E-state index contributed by atoms with van der Waals surface area (Å²) in [5.74, 6) is -0.0506. The van der Waals surface area contributed by atoms with E-state index in [9.17, 15) is 9.59 Å². The summed E-state index contributed by atoms with van der Waals surface area (Å²) in [6.07, 6.45) is 0. The molecular formula is C18H21N3O2. The largest absolute Gasteiger partial charge is 0.333 e. The first-order valence-corrected chi connectivity index (χ1v) is 7.73. The lowest BCUT2D eigenvalue weighted by Gasteiger charge is -2.30. The molecule has 2 aromatic rings. The van der Waals surface area contributed by atoms with Crippen LogP contribution >= 0.6 is 0 Å². The van der Waals surface area contributed by atoms with E-state index in [0.717, 1.165) is 34.1 Å². The molecule has 0 fully saturated rings. The lowest BCUT2D eigenvalue weighted by Crippen LogP contribution is -2.38. The lowest BCUT2D eigenvalue weighted by atomic mass is 9.93. The van der Waals surface area contributed by atoms with Crippen molar-refractivity contribution in [3.8, 4) is 0 Å². The summed E-state index contributed by atoms with van der Waals surface area (Å²) in [6.45, 7) is 3.64. The standard InChI is InChI=1S/C18H21N3O2/c1-12(22)19-16-8-7-13-11-21(10-9-20(2)3)18(23)15-6-4-5-14(16)17(13)15/h4-8H,9-11H2,1-3H3,(H,19,22). The zero-order valence-corrected chi connectivity index (χ0v) is 13.7. The molecular weight excluding hydrogens is 290 g/mol. The summed E-state index contributed by atoms with van der Waals surface area (Å²) >= 11 is 0. The van der Waals surface area contributed by atoms with Gasteiger partial charge in [-0.1, -0.05) is 18.2 Å². The van der Waals surface area contributed by atoms with Crippen LogP contribution in [-0.4, -0.2) is 48.8 Å². The number of carbonyl (C=O) groups is 2. The molecule has 0 unspecified atom stereocenters. The Morgan fingerprint density at radius 2 is 2.04 bits per heavy atom. The highest BCUT2D eigenvalue weighted by atomic mass is 16.2. The maximum absolute atomic E-state index is 12.8. The van der Waals surface area contributed by atoms with Crippen molar-refractivity contribution < 1.29 is 9.59 Å². The molecule has 1 N–H and O–H groups in total. The number of anilines is 1. The van der Waals surface area contributed by atoms with Crippen molar-refractivity contribution in [2.75, 3.05) is 32.5 Å². The van der Waals surface area contributed by atoms with Crippen molar-refractivity contribution in [1.82, 2.24) is 9.80 Å². The number of nitrogens with one attached hydrogen (secondary N) is 1. The zero-order chi connectivity index (χ0) is 16.6. The summed E-state index contributed by atoms with van der Waals surface area (Å²) in [5, 5.41) is 4.74. The molecule has 3 rings (SSSR count). The Bertz CT molecular complexity index is 783. The van der Waals surface area contributed by atoms with Gasteiger partial charge in [-0.15, -0.1) is 0 Å². The molecule has 1 aliphatic rings. The van der Waals surface area contributed by atoms with Gasteiger partial charge in [-0.3, -0.25) is 9.59 Å². The summed E-state index contributed by atoms with van der Waals surface area (Å²) in [7, 11) is 4.01. The SMILES string of the molecule is CC(=O)Nc1ccc2c3c(cccc13)C(=O)N(CCN(C)C)C2. The van der Waals surface area contributed by atoms with Crippen LogP contribution in [-0.2, 0) is 11.3 Å². The van der Waals surface area contributed by atoms with Gasteiger partial charge in [0.2, 0.25) is 5.91 Å². The van der Waals surface area contributed by atoms with Crippen LogP contribution in [0.5, 0.6) is 0 Å².